The smallest absolute Gasteiger partial charge is 0.316 e. The molecule has 0 aromatic carbocycles. The zero-order valence-electron chi connectivity index (χ0n) is 18.3. The molecule has 34 heavy (non-hydrogen) atoms. The normalized spacial score (nSPS) is 15.4. The van der Waals surface area contributed by atoms with Gasteiger partial charge in [-0.15, -0.1) is 0 Å². The Labute approximate surface area is 193 Å². The number of ketones is 1. The minimum atomic E-state index is -1.44. The molecule has 1 aromatic rings. The van der Waals surface area contributed by atoms with Crippen LogP contribution >= 0.6 is 0 Å². The van der Waals surface area contributed by atoms with Crippen molar-refractivity contribution >= 4 is 29.6 Å². The second kappa shape index (κ2) is 13.2. The molecule has 0 fully saturated rings. The third kappa shape index (κ3) is 9.08. The zero-order chi connectivity index (χ0) is 26.0. The predicted molar refractivity (Wildman–Crippen MR) is 111 cm³/mol. The monoisotopic (exact) mass is 487 g/mol. The molecule has 16 nitrogen and oxygen atoms in total. The quantitative estimate of drug-likeness (QED) is 0.122. The number of aliphatic carboxylic acids is 1. The van der Waals surface area contributed by atoms with Crippen molar-refractivity contribution in [1.29, 1.82) is 0 Å². The number of Topliss-reactive ketones (excluding diaryl/α,β-unsaturated/α-hetero) is 1. The summed E-state index contributed by atoms with van der Waals surface area (Å²) in [6, 6.07) is -4.57. The number of nitrogens with zero attached hydrogens (tertiary/aromatic N) is 2. The van der Waals surface area contributed by atoms with Gasteiger partial charge in [-0.3, -0.25) is 19.2 Å². The van der Waals surface area contributed by atoms with Crippen LogP contribution in [0.5, 0.6) is 0 Å². The molecule has 0 aliphatic heterocycles. The van der Waals surface area contributed by atoms with Crippen LogP contribution < -0.4 is 27.8 Å². The average molecular weight is 487 g/mol. The number of aliphatic hydroxyl groups is 2. The Morgan fingerprint density at radius 3 is 2.24 bits per heavy atom. The highest BCUT2D eigenvalue weighted by Crippen LogP contribution is 2.17. The fourth-order valence-corrected chi connectivity index (χ4v) is 2.80. The van der Waals surface area contributed by atoms with Gasteiger partial charge in [-0.2, -0.15) is 4.98 Å². The first-order valence-corrected chi connectivity index (χ1v) is 10.1. The predicted octanol–water partition coefficient (Wildman–Crippen LogP) is -3.05. The van der Waals surface area contributed by atoms with E-state index in [1.807, 2.05) is 0 Å². The molecule has 0 saturated heterocycles. The first-order valence-electron chi connectivity index (χ1n) is 10.1. The highest BCUT2D eigenvalue weighted by molar-refractivity contribution is 5.91. The molecule has 0 aliphatic carbocycles. The number of rotatable bonds is 15. The van der Waals surface area contributed by atoms with Crippen molar-refractivity contribution < 1.29 is 43.8 Å². The summed E-state index contributed by atoms with van der Waals surface area (Å²) >= 11 is 0. The number of carbonyl (C=O) groups excluding carboxylic acids is 4. The van der Waals surface area contributed by atoms with Gasteiger partial charge in [-0.25, -0.2) is 4.79 Å². The second-order valence-corrected chi connectivity index (χ2v) is 7.53. The minimum absolute atomic E-state index is 0.0958. The molecule has 0 radical (unpaired) electrons. The molecule has 1 aromatic heterocycles. The summed E-state index contributed by atoms with van der Waals surface area (Å²) in [5, 5.41) is 36.0. The van der Waals surface area contributed by atoms with Gasteiger partial charge in [0.05, 0.1) is 37.1 Å². The van der Waals surface area contributed by atoms with Gasteiger partial charge in [0.15, 0.2) is 11.6 Å². The zero-order valence-corrected chi connectivity index (χ0v) is 18.3. The molecule has 0 spiro atoms. The van der Waals surface area contributed by atoms with E-state index in [9.17, 15) is 34.2 Å². The van der Waals surface area contributed by atoms with E-state index >= 15 is 0 Å². The topological polar surface area (TPSA) is 287 Å². The number of hydrogen-bond acceptors (Lipinski definition) is 11. The minimum Gasteiger partial charge on any atom is -0.481 e. The van der Waals surface area contributed by atoms with E-state index in [1.54, 1.807) is 0 Å². The van der Waals surface area contributed by atoms with Gasteiger partial charge in [0.25, 0.3) is 0 Å². The van der Waals surface area contributed by atoms with E-state index in [2.05, 4.69) is 20.8 Å². The van der Waals surface area contributed by atoms with Crippen molar-refractivity contribution in [1.82, 2.24) is 20.8 Å². The summed E-state index contributed by atoms with van der Waals surface area (Å²) in [6.07, 6.45) is -3.02. The molecule has 11 N–H and O–H groups in total. The maximum Gasteiger partial charge on any atom is 0.316 e. The lowest BCUT2D eigenvalue weighted by atomic mass is 9.92. The lowest BCUT2D eigenvalue weighted by molar-refractivity contribution is -0.147. The van der Waals surface area contributed by atoms with Crippen molar-refractivity contribution in [3.8, 4) is 0 Å². The lowest BCUT2D eigenvalue weighted by Crippen LogP contribution is -2.48. The van der Waals surface area contributed by atoms with Crippen molar-refractivity contribution in [2.24, 2.45) is 23.1 Å². The van der Waals surface area contributed by atoms with Crippen LogP contribution in [0.3, 0.4) is 0 Å². The van der Waals surface area contributed by atoms with Crippen LogP contribution in [0.4, 0.5) is 4.79 Å². The van der Waals surface area contributed by atoms with E-state index in [-0.39, 0.29) is 24.6 Å². The lowest BCUT2D eigenvalue weighted by Gasteiger charge is -2.22. The van der Waals surface area contributed by atoms with Gasteiger partial charge in [-0.05, 0) is 13.3 Å². The molecule has 0 aliphatic rings. The maximum absolute atomic E-state index is 12.6. The number of carboxylic acids is 1. The van der Waals surface area contributed by atoms with Crippen molar-refractivity contribution in [2.75, 3.05) is 6.61 Å². The molecule has 190 valence electrons. The van der Waals surface area contributed by atoms with Crippen molar-refractivity contribution in [3.63, 3.8) is 0 Å². The van der Waals surface area contributed by atoms with Gasteiger partial charge in [0, 0.05) is 12.8 Å². The van der Waals surface area contributed by atoms with Crippen LogP contribution in [0.15, 0.2) is 4.52 Å². The van der Waals surface area contributed by atoms with Gasteiger partial charge in [0.2, 0.25) is 17.7 Å². The molecule has 16 heteroatoms. The molecule has 0 saturated carbocycles. The number of urea groups is 1. The van der Waals surface area contributed by atoms with Crippen molar-refractivity contribution in [2.45, 2.75) is 56.8 Å². The van der Waals surface area contributed by atoms with Gasteiger partial charge in [-0.1, -0.05) is 5.16 Å². The number of amides is 4. The Kier molecular flexibility index (Phi) is 11.0. The number of aromatic nitrogens is 2. The average Bonchev–Trinajstić information content (AvgIpc) is 3.23. The number of aliphatic hydroxyl groups excluding tert-OH is 2. The molecule has 1 heterocycles. The first kappa shape index (κ1) is 28.4. The summed E-state index contributed by atoms with van der Waals surface area (Å²) in [5.74, 6) is -5.60. The van der Waals surface area contributed by atoms with Gasteiger partial charge >= 0.3 is 12.0 Å². The van der Waals surface area contributed by atoms with E-state index in [1.165, 1.54) is 6.92 Å². The number of carbonyl (C=O) groups is 5. The largest absolute Gasteiger partial charge is 0.481 e. The molecule has 1 unspecified atom stereocenters. The summed E-state index contributed by atoms with van der Waals surface area (Å²) in [6.45, 7) is 0.696. The molecular formula is C18H29N7O9. The van der Waals surface area contributed by atoms with E-state index in [0.29, 0.717) is 0 Å². The van der Waals surface area contributed by atoms with Gasteiger partial charge in [0.1, 0.15) is 6.04 Å². The van der Waals surface area contributed by atoms with Crippen LogP contribution in [-0.4, -0.2) is 73.8 Å². The number of primary amides is 2. The number of nitrogens with one attached hydrogen (secondary N) is 2. The van der Waals surface area contributed by atoms with Crippen LogP contribution in [0.1, 0.15) is 56.4 Å². The molecule has 0 bridgehead atoms. The summed E-state index contributed by atoms with van der Waals surface area (Å²) in [5.41, 5.74) is 15.9. The molecular weight excluding hydrogens is 458 g/mol. The van der Waals surface area contributed by atoms with Crippen LogP contribution in [0.2, 0.25) is 0 Å². The van der Waals surface area contributed by atoms with E-state index < -0.39 is 79.2 Å². The van der Waals surface area contributed by atoms with Crippen LogP contribution in [0, 0.1) is 5.92 Å². The first-order chi connectivity index (χ1) is 15.8. The third-order valence-corrected chi connectivity index (χ3v) is 4.69. The Bertz CT molecular complexity index is 889. The Morgan fingerprint density at radius 2 is 1.74 bits per heavy atom. The fraction of sp³-hybridized carbons (Fsp3) is 0.611. The summed E-state index contributed by atoms with van der Waals surface area (Å²) < 4.78 is 4.96. The number of hydrogen-bond donors (Lipinski definition) is 8. The molecule has 1 rings (SSSR count). The Morgan fingerprint density at radius 1 is 1.09 bits per heavy atom. The molecule has 5 atom stereocenters. The highest BCUT2D eigenvalue weighted by atomic mass is 16.5. The molecule has 4 amide bonds. The van der Waals surface area contributed by atoms with E-state index in [4.69, 9.17) is 26.8 Å². The summed E-state index contributed by atoms with van der Waals surface area (Å²) in [7, 11) is 0. The van der Waals surface area contributed by atoms with Crippen molar-refractivity contribution in [3.05, 3.63) is 11.7 Å². The Balaban J connectivity index is 3.01. The van der Waals surface area contributed by atoms with Crippen LogP contribution in [0.25, 0.3) is 0 Å². The second-order valence-electron chi connectivity index (χ2n) is 7.53. The third-order valence-electron chi connectivity index (χ3n) is 4.69. The SMILES string of the molecule is CC(O)[C@H](CC(=O)[C@H](CCC(N)=O)NC(=O)N[C@@H](CC(N)=O)c1nc([C@@H](N)CO)no1)C(=O)O. The van der Waals surface area contributed by atoms with E-state index in [0.717, 1.165) is 0 Å². The summed E-state index contributed by atoms with van der Waals surface area (Å²) in [4.78, 5) is 63.0. The highest BCUT2D eigenvalue weighted by Gasteiger charge is 2.31. The number of nitrogens with two attached hydrogens (primary N) is 3. The number of carboxylic acid groups (broad SMARTS) is 1. The standard InChI is InChI=1S/C18H29N7O9/c1-7(27)8(17(31)32)4-12(28)10(2-3-13(20)29)22-18(33)23-11(5-14(21)30)16-24-15(25-34-16)9(19)6-26/h7-11,26-27H,2-6,19H2,1H3,(H2,20,29)(H2,21,30)(H,31,32)(H2,22,23,33)/t7?,8-,9-,10-,11-/m0/s1. The fourth-order valence-electron chi connectivity index (χ4n) is 2.80. The van der Waals surface area contributed by atoms with Gasteiger partial charge < -0.3 is 47.7 Å². The Hall–Kier alpha value is -3.63. The maximum atomic E-state index is 12.6. The van der Waals surface area contributed by atoms with Crippen LogP contribution in [-0.2, 0) is 19.2 Å².